The number of anilines is 1. The van der Waals surface area contributed by atoms with Crippen molar-refractivity contribution in [3.63, 3.8) is 0 Å². The van der Waals surface area contributed by atoms with E-state index in [1.165, 1.54) is 4.90 Å². The lowest BCUT2D eigenvalue weighted by Gasteiger charge is -2.00. The van der Waals surface area contributed by atoms with E-state index in [1.54, 1.807) is 6.34 Å². The molecule has 1 aromatic rings. The van der Waals surface area contributed by atoms with E-state index in [0.29, 0.717) is 0 Å². The van der Waals surface area contributed by atoms with Crippen LogP contribution in [0.2, 0.25) is 0 Å². The molecule has 1 rings (SSSR count). The molecule has 0 saturated heterocycles. The highest BCUT2D eigenvalue weighted by Crippen LogP contribution is 2.13. The van der Waals surface area contributed by atoms with Crippen molar-refractivity contribution in [1.82, 2.24) is 0 Å². The van der Waals surface area contributed by atoms with Crippen molar-refractivity contribution in [2.45, 2.75) is 0 Å². The van der Waals surface area contributed by atoms with E-state index in [4.69, 9.17) is 0 Å². The molecule has 0 atom stereocenters. The number of nitrogens with one attached hydrogen (secondary N) is 2. The van der Waals surface area contributed by atoms with Gasteiger partial charge in [-0.05, 0) is 24.3 Å². The van der Waals surface area contributed by atoms with Crippen molar-refractivity contribution >= 4 is 28.0 Å². The van der Waals surface area contributed by atoms with Crippen molar-refractivity contribution < 1.29 is 17.3 Å². The number of quaternary nitrogens is 1. The molecular formula is C9H13BrClN3. The molecule has 0 heterocycles. The van der Waals surface area contributed by atoms with Gasteiger partial charge in [0.25, 0.3) is 0 Å². The molecule has 0 aliphatic carbocycles. The van der Waals surface area contributed by atoms with E-state index >= 15 is 0 Å². The number of benzene rings is 1. The highest BCUT2D eigenvalue weighted by Gasteiger charge is 1.89. The van der Waals surface area contributed by atoms with Gasteiger partial charge < -0.3 is 12.4 Å². The van der Waals surface area contributed by atoms with E-state index in [-0.39, 0.29) is 12.4 Å². The Morgan fingerprint density at radius 2 is 1.86 bits per heavy atom. The summed E-state index contributed by atoms with van der Waals surface area (Å²) in [4.78, 5) is 1.17. The Bertz CT molecular complexity index is 285. The molecule has 0 amide bonds. The first-order valence-corrected chi connectivity index (χ1v) is 4.82. The van der Waals surface area contributed by atoms with Crippen molar-refractivity contribution in [2.24, 2.45) is 5.10 Å². The topological polar surface area (TPSA) is 28.8 Å². The Balaban J connectivity index is 0.00000169. The van der Waals surface area contributed by atoms with Crippen LogP contribution in [0.15, 0.2) is 33.8 Å². The van der Waals surface area contributed by atoms with Crippen molar-refractivity contribution in [1.29, 1.82) is 0 Å². The zero-order valence-electron chi connectivity index (χ0n) is 8.09. The molecule has 0 spiro atoms. The van der Waals surface area contributed by atoms with Gasteiger partial charge in [-0.3, -0.25) is 10.3 Å². The van der Waals surface area contributed by atoms with E-state index in [2.05, 4.69) is 26.5 Å². The molecular weight excluding hydrogens is 265 g/mol. The van der Waals surface area contributed by atoms with Crippen LogP contribution in [0.4, 0.5) is 5.69 Å². The Morgan fingerprint density at radius 3 is 2.36 bits per heavy atom. The third kappa shape index (κ3) is 5.21. The van der Waals surface area contributed by atoms with Gasteiger partial charge in [-0.15, -0.1) is 5.10 Å². The fourth-order valence-electron chi connectivity index (χ4n) is 0.760. The average molecular weight is 279 g/mol. The number of hydrogen-bond acceptors (Lipinski definition) is 2. The fourth-order valence-corrected chi connectivity index (χ4v) is 1.02. The van der Waals surface area contributed by atoms with Crippen LogP contribution < -0.4 is 22.7 Å². The lowest BCUT2D eigenvalue weighted by molar-refractivity contribution is -0.750. The van der Waals surface area contributed by atoms with Crippen LogP contribution >= 0.6 is 15.9 Å². The summed E-state index contributed by atoms with van der Waals surface area (Å²) < 4.78 is 1.07. The average Bonchev–Trinajstić information content (AvgIpc) is 2.08. The fraction of sp³-hybridized carbons (Fsp3) is 0.222. The molecule has 1 aromatic carbocycles. The molecule has 78 valence electrons. The molecule has 14 heavy (non-hydrogen) atoms. The molecule has 0 aliphatic rings. The van der Waals surface area contributed by atoms with Gasteiger partial charge in [0.2, 0.25) is 6.34 Å². The minimum absolute atomic E-state index is 0. The number of rotatable bonds is 3. The van der Waals surface area contributed by atoms with Crippen LogP contribution in [0.5, 0.6) is 0 Å². The van der Waals surface area contributed by atoms with Crippen LogP contribution in [0.25, 0.3) is 0 Å². The Morgan fingerprint density at radius 1 is 1.29 bits per heavy atom. The number of hydrazone groups is 1. The molecule has 0 unspecified atom stereocenters. The van der Waals surface area contributed by atoms with Crippen molar-refractivity contribution in [3.05, 3.63) is 28.7 Å². The van der Waals surface area contributed by atoms with Crippen LogP contribution in [0.3, 0.4) is 0 Å². The predicted molar refractivity (Wildman–Crippen MR) is 59.1 cm³/mol. The summed E-state index contributed by atoms with van der Waals surface area (Å²) in [6.07, 6.45) is 1.79. The molecule has 0 fully saturated rings. The van der Waals surface area contributed by atoms with Gasteiger partial charge in [0.05, 0.1) is 19.8 Å². The van der Waals surface area contributed by atoms with Gasteiger partial charge >= 0.3 is 0 Å². The van der Waals surface area contributed by atoms with Crippen molar-refractivity contribution in [2.75, 3.05) is 19.5 Å². The molecule has 0 aliphatic heterocycles. The van der Waals surface area contributed by atoms with E-state index in [1.807, 2.05) is 38.4 Å². The zero-order chi connectivity index (χ0) is 9.68. The largest absolute Gasteiger partial charge is 1.00 e. The summed E-state index contributed by atoms with van der Waals surface area (Å²) >= 11 is 3.37. The zero-order valence-corrected chi connectivity index (χ0v) is 10.4. The van der Waals surface area contributed by atoms with Gasteiger partial charge in [0, 0.05) is 4.47 Å². The third-order valence-corrected chi connectivity index (χ3v) is 1.89. The Hall–Kier alpha value is -0.580. The predicted octanol–water partition coefficient (Wildman–Crippen LogP) is -2.05. The second-order valence-corrected chi connectivity index (χ2v) is 3.87. The highest BCUT2D eigenvalue weighted by atomic mass is 79.9. The minimum Gasteiger partial charge on any atom is -1.00 e. The van der Waals surface area contributed by atoms with Crippen LogP contribution in [0, 0.1) is 0 Å². The lowest BCUT2D eigenvalue weighted by Crippen LogP contribution is -3.04. The molecule has 0 aromatic heterocycles. The number of halogens is 2. The van der Waals surface area contributed by atoms with E-state index < -0.39 is 0 Å². The summed E-state index contributed by atoms with van der Waals surface area (Å²) in [5.74, 6) is 0. The molecule has 0 bridgehead atoms. The first-order valence-electron chi connectivity index (χ1n) is 4.03. The van der Waals surface area contributed by atoms with Gasteiger partial charge in [-0.25, -0.2) is 0 Å². The second kappa shape index (κ2) is 6.81. The van der Waals surface area contributed by atoms with Gasteiger partial charge in [0.1, 0.15) is 0 Å². The summed E-state index contributed by atoms with van der Waals surface area (Å²) in [7, 11) is 4.01. The number of nitrogens with zero attached hydrogens (tertiary/aromatic N) is 1. The van der Waals surface area contributed by atoms with E-state index in [0.717, 1.165) is 10.2 Å². The lowest BCUT2D eigenvalue weighted by atomic mass is 10.3. The second-order valence-electron chi connectivity index (χ2n) is 2.95. The molecule has 3 nitrogen and oxygen atoms in total. The molecule has 0 saturated carbocycles. The summed E-state index contributed by atoms with van der Waals surface area (Å²) in [5.41, 5.74) is 3.92. The smallest absolute Gasteiger partial charge is 0.205 e. The maximum Gasteiger partial charge on any atom is 0.205 e. The normalized spacial score (nSPS) is 10.3. The first-order chi connectivity index (χ1) is 6.18. The third-order valence-electron chi connectivity index (χ3n) is 1.36. The van der Waals surface area contributed by atoms with E-state index in [9.17, 15) is 0 Å². The van der Waals surface area contributed by atoms with Crippen LogP contribution in [-0.4, -0.2) is 20.4 Å². The van der Waals surface area contributed by atoms with Crippen LogP contribution in [-0.2, 0) is 0 Å². The standard InChI is InChI=1S/C9H12BrN3.ClH/c1-13(2)7-11-12-9-5-3-8(10)4-6-9;/h3-7,12H,1-2H3;1H/b11-7+;. The highest BCUT2D eigenvalue weighted by molar-refractivity contribution is 9.10. The molecule has 5 heteroatoms. The quantitative estimate of drug-likeness (QED) is 0.372. The summed E-state index contributed by atoms with van der Waals surface area (Å²) in [6.45, 7) is 0. The molecule has 0 radical (unpaired) electrons. The summed E-state index contributed by atoms with van der Waals surface area (Å²) in [5, 5.41) is 4.04. The van der Waals surface area contributed by atoms with Crippen LogP contribution in [0.1, 0.15) is 0 Å². The number of hydrogen-bond donors (Lipinski definition) is 2. The maximum absolute atomic E-state index is 4.04. The SMILES string of the molecule is C[NH+](C)/C=N/Nc1ccc(Br)cc1.[Cl-]. The maximum atomic E-state index is 4.04. The monoisotopic (exact) mass is 277 g/mol. The Labute approximate surface area is 98.7 Å². The van der Waals surface area contributed by atoms with Gasteiger partial charge in [0.15, 0.2) is 0 Å². The Kier molecular flexibility index (Phi) is 6.53. The van der Waals surface area contributed by atoms with Gasteiger partial charge in [-0.1, -0.05) is 15.9 Å². The van der Waals surface area contributed by atoms with Crippen molar-refractivity contribution in [3.8, 4) is 0 Å². The molecule has 2 N–H and O–H groups in total. The first kappa shape index (κ1) is 13.4. The summed E-state index contributed by atoms with van der Waals surface area (Å²) in [6, 6.07) is 7.87. The minimum atomic E-state index is 0. The van der Waals surface area contributed by atoms with Gasteiger partial charge in [-0.2, -0.15) is 0 Å².